The van der Waals surface area contributed by atoms with E-state index >= 15 is 0 Å². The highest BCUT2D eigenvalue weighted by molar-refractivity contribution is 6.42. The molecule has 1 aromatic heterocycles. The van der Waals surface area contributed by atoms with Crippen molar-refractivity contribution < 1.29 is 0 Å². The van der Waals surface area contributed by atoms with Crippen LogP contribution in [0, 0.1) is 0 Å². The number of hydrogen-bond acceptors (Lipinski definition) is 2. The van der Waals surface area contributed by atoms with Crippen molar-refractivity contribution in [2.75, 3.05) is 13.1 Å². The van der Waals surface area contributed by atoms with E-state index in [-0.39, 0.29) is 0 Å². The fourth-order valence-corrected chi connectivity index (χ4v) is 2.63. The summed E-state index contributed by atoms with van der Waals surface area (Å²) >= 11 is 12.0. The van der Waals surface area contributed by atoms with E-state index in [1.54, 1.807) is 0 Å². The Kier molecular flexibility index (Phi) is 2.99. The van der Waals surface area contributed by atoms with Crippen LogP contribution in [0.5, 0.6) is 0 Å². The molecule has 0 bridgehead atoms. The molecule has 0 aliphatic carbocycles. The number of fused-ring (bicyclic) bond motifs is 1. The number of H-pyrrole nitrogens is 1. The third-order valence-corrected chi connectivity index (χ3v) is 3.99. The summed E-state index contributed by atoms with van der Waals surface area (Å²) in [5.41, 5.74) is 1.86. The monoisotopic (exact) mass is 269 g/mol. The lowest BCUT2D eigenvalue weighted by Gasteiger charge is -2.20. The van der Waals surface area contributed by atoms with Gasteiger partial charge >= 0.3 is 0 Å². The van der Waals surface area contributed by atoms with Gasteiger partial charge in [-0.1, -0.05) is 23.2 Å². The molecule has 0 unspecified atom stereocenters. The minimum Gasteiger partial charge on any atom is -0.342 e. The molecule has 2 heterocycles. The summed E-state index contributed by atoms with van der Waals surface area (Å²) in [5, 5.41) is 4.48. The number of imidazole rings is 1. The van der Waals surface area contributed by atoms with Gasteiger partial charge in [0.25, 0.3) is 0 Å². The van der Waals surface area contributed by atoms with Crippen LogP contribution in [-0.2, 0) is 0 Å². The standard InChI is InChI=1S/C12H13Cl2N3/c13-8-5-10-11(6-9(8)14)17-12(16-10)7-1-3-15-4-2-7/h5-7,15H,1-4H2,(H,16,17). The van der Waals surface area contributed by atoms with Gasteiger partial charge in [-0.2, -0.15) is 0 Å². The van der Waals surface area contributed by atoms with E-state index in [1.807, 2.05) is 12.1 Å². The molecule has 3 nitrogen and oxygen atoms in total. The normalized spacial score (nSPS) is 17.8. The topological polar surface area (TPSA) is 40.7 Å². The summed E-state index contributed by atoms with van der Waals surface area (Å²) in [5.74, 6) is 1.57. The van der Waals surface area contributed by atoms with Gasteiger partial charge in [-0.25, -0.2) is 4.98 Å². The Bertz CT molecular complexity index is 505. The number of rotatable bonds is 1. The number of piperidine rings is 1. The van der Waals surface area contributed by atoms with Crippen LogP contribution in [0.2, 0.25) is 10.0 Å². The Morgan fingerprint density at radius 1 is 1.12 bits per heavy atom. The van der Waals surface area contributed by atoms with E-state index in [1.165, 1.54) is 0 Å². The summed E-state index contributed by atoms with van der Waals surface area (Å²) in [6, 6.07) is 3.66. The highest BCUT2D eigenvalue weighted by Gasteiger charge is 2.18. The summed E-state index contributed by atoms with van der Waals surface area (Å²) in [6.45, 7) is 2.12. The van der Waals surface area contributed by atoms with Crippen LogP contribution in [-0.4, -0.2) is 23.1 Å². The maximum Gasteiger partial charge on any atom is 0.110 e. The molecular weight excluding hydrogens is 257 g/mol. The highest BCUT2D eigenvalue weighted by atomic mass is 35.5. The van der Waals surface area contributed by atoms with E-state index < -0.39 is 0 Å². The molecule has 2 N–H and O–H groups in total. The van der Waals surface area contributed by atoms with Gasteiger partial charge in [-0.15, -0.1) is 0 Å². The van der Waals surface area contributed by atoms with E-state index in [2.05, 4.69) is 15.3 Å². The van der Waals surface area contributed by atoms with Crippen LogP contribution < -0.4 is 5.32 Å². The number of benzene rings is 1. The SMILES string of the molecule is Clc1cc2nc(C3CCNCC3)[nH]c2cc1Cl. The van der Waals surface area contributed by atoms with Gasteiger partial charge in [0.15, 0.2) is 0 Å². The maximum absolute atomic E-state index is 5.99. The zero-order valence-electron chi connectivity index (χ0n) is 9.26. The molecular formula is C12H13Cl2N3. The van der Waals surface area contributed by atoms with Crippen LogP contribution in [0.1, 0.15) is 24.6 Å². The van der Waals surface area contributed by atoms with E-state index in [9.17, 15) is 0 Å². The van der Waals surface area contributed by atoms with Crippen molar-refractivity contribution in [2.45, 2.75) is 18.8 Å². The number of aromatic nitrogens is 2. The predicted molar refractivity (Wildman–Crippen MR) is 71.0 cm³/mol. The molecule has 0 saturated carbocycles. The molecule has 1 aromatic carbocycles. The lowest BCUT2D eigenvalue weighted by molar-refractivity contribution is 0.448. The molecule has 0 radical (unpaired) electrons. The molecule has 0 spiro atoms. The quantitative estimate of drug-likeness (QED) is 0.834. The molecule has 3 rings (SSSR count). The lowest BCUT2D eigenvalue weighted by atomic mass is 9.98. The summed E-state index contributed by atoms with van der Waals surface area (Å²) in [6.07, 6.45) is 2.25. The second-order valence-corrected chi connectivity index (χ2v) is 5.24. The smallest absolute Gasteiger partial charge is 0.110 e. The molecule has 1 aliphatic heterocycles. The third-order valence-electron chi connectivity index (χ3n) is 3.27. The van der Waals surface area contributed by atoms with Gasteiger partial charge in [0, 0.05) is 5.92 Å². The molecule has 1 fully saturated rings. The predicted octanol–water partition coefficient (Wildman–Crippen LogP) is 3.34. The largest absolute Gasteiger partial charge is 0.342 e. The molecule has 1 aliphatic rings. The maximum atomic E-state index is 5.99. The molecule has 17 heavy (non-hydrogen) atoms. The Hall–Kier alpha value is -0.770. The summed E-state index contributed by atoms with van der Waals surface area (Å²) in [7, 11) is 0. The molecule has 0 atom stereocenters. The second-order valence-electron chi connectivity index (χ2n) is 4.43. The Labute approximate surface area is 110 Å². The third kappa shape index (κ3) is 2.15. The van der Waals surface area contributed by atoms with Crippen molar-refractivity contribution >= 4 is 34.2 Å². The van der Waals surface area contributed by atoms with E-state index in [4.69, 9.17) is 23.2 Å². The number of hydrogen-bond donors (Lipinski definition) is 2. The zero-order valence-corrected chi connectivity index (χ0v) is 10.8. The van der Waals surface area contributed by atoms with Crippen LogP contribution in [0.25, 0.3) is 11.0 Å². The number of aromatic amines is 1. The molecule has 1 saturated heterocycles. The van der Waals surface area contributed by atoms with E-state index in [0.29, 0.717) is 16.0 Å². The van der Waals surface area contributed by atoms with Crippen LogP contribution in [0.4, 0.5) is 0 Å². The Morgan fingerprint density at radius 2 is 1.82 bits per heavy atom. The van der Waals surface area contributed by atoms with E-state index in [0.717, 1.165) is 42.8 Å². The molecule has 90 valence electrons. The fourth-order valence-electron chi connectivity index (χ4n) is 2.31. The summed E-state index contributed by atoms with van der Waals surface area (Å²) in [4.78, 5) is 7.96. The van der Waals surface area contributed by atoms with Gasteiger partial charge in [0.05, 0.1) is 21.1 Å². The number of halogens is 2. The number of nitrogens with zero attached hydrogens (tertiary/aromatic N) is 1. The molecule has 2 aromatic rings. The fraction of sp³-hybridized carbons (Fsp3) is 0.417. The molecule has 5 heteroatoms. The minimum absolute atomic E-state index is 0.515. The van der Waals surface area contributed by atoms with Gasteiger partial charge < -0.3 is 10.3 Å². The van der Waals surface area contributed by atoms with Crippen molar-refractivity contribution in [1.82, 2.24) is 15.3 Å². The first-order valence-electron chi connectivity index (χ1n) is 5.79. The van der Waals surface area contributed by atoms with Crippen LogP contribution in [0.15, 0.2) is 12.1 Å². The van der Waals surface area contributed by atoms with Crippen molar-refractivity contribution in [3.63, 3.8) is 0 Å². The van der Waals surface area contributed by atoms with Crippen molar-refractivity contribution in [3.8, 4) is 0 Å². The van der Waals surface area contributed by atoms with Crippen LogP contribution in [0.3, 0.4) is 0 Å². The second kappa shape index (κ2) is 4.48. The summed E-state index contributed by atoms with van der Waals surface area (Å²) < 4.78 is 0. The Morgan fingerprint density at radius 3 is 2.59 bits per heavy atom. The first kappa shape index (κ1) is 11.3. The molecule has 0 amide bonds. The van der Waals surface area contributed by atoms with Crippen molar-refractivity contribution in [2.24, 2.45) is 0 Å². The van der Waals surface area contributed by atoms with Gasteiger partial charge in [-0.05, 0) is 38.1 Å². The van der Waals surface area contributed by atoms with Crippen LogP contribution >= 0.6 is 23.2 Å². The van der Waals surface area contributed by atoms with Gasteiger partial charge in [-0.3, -0.25) is 0 Å². The van der Waals surface area contributed by atoms with Crippen molar-refractivity contribution in [1.29, 1.82) is 0 Å². The lowest BCUT2D eigenvalue weighted by Crippen LogP contribution is -2.27. The first-order chi connectivity index (χ1) is 8.24. The van der Waals surface area contributed by atoms with Crippen molar-refractivity contribution in [3.05, 3.63) is 28.0 Å². The average molecular weight is 270 g/mol. The number of nitrogens with one attached hydrogen (secondary N) is 2. The average Bonchev–Trinajstić information content (AvgIpc) is 2.74. The van der Waals surface area contributed by atoms with Gasteiger partial charge in [0.2, 0.25) is 0 Å². The van der Waals surface area contributed by atoms with Gasteiger partial charge in [0.1, 0.15) is 5.82 Å². The highest BCUT2D eigenvalue weighted by Crippen LogP contribution is 2.29. The minimum atomic E-state index is 0.515. The Balaban J connectivity index is 2.00. The first-order valence-corrected chi connectivity index (χ1v) is 6.55. The zero-order chi connectivity index (χ0) is 11.8.